The lowest BCUT2D eigenvalue weighted by atomic mass is 9.88. The van der Waals surface area contributed by atoms with Gasteiger partial charge in [0.25, 0.3) is 5.91 Å². The summed E-state index contributed by atoms with van der Waals surface area (Å²) in [5, 5.41) is 6.94. The van der Waals surface area contributed by atoms with E-state index in [0.29, 0.717) is 24.3 Å². The Balaban J connectivity index is 1.26. The Bertz CT molecular complexity index is 877. The van der Waals surface area contributed by atoms with Crippen molar-refractivity contribution in [2.45, 2.75) is 43.9 Å². The van der Waals surface area contributed by atoms with E-state index in [2.05, 4.69) is 15.3 Å². The number of ether oxygens (including phenoxy) is 1. The van der Waals surface area contributed by atoms with Crippen LogP contribution in [0.1, 0.15) is 41.7 Å². The number of likely N-dealkylation sites (tertiary alicyclic amines) is 1. The molecule has 1 unspecified atom stereocenters. The molecular weight excluding hydrogens is 378 g/mol. The van der Waals surface area contributed by atoms with Gasteiger partial charge in [-0.1, -0.05) is 0 Å². The molecule has 1 N–H and O–H groups in total. The molecule has 1 aromatic carbocycles. The summed E-state index contributed by atoms with van der Waals surface area (Å²) in [6.45, 7) is 2.45. The van der Waals surface area contributed by atoms with Crippen LogP contribution >= 0.6 is 0 Å². The van der Waals surface area contributed by atoms with Gasteiger partial charge in [0, 0.05) is 45.0 Å². The summed E-state index contributed by atoms with van der Waals surface area (Å²) in [6.07, 6.45) is 5.18. The van der Waals surface area contributed by atoms with Gasteiger partial charge in [0.2, 0.25) is 0 Å². The Morgan fingerprint density at radius 1 is 1.28 bits per heavy atom. The number of hydrogen-bond donors (Lipinski definition) is 1. The number of benzene rings is 1. The van der Waals surface area contributed by atoms with Crippen LogP contribution in [0, 0.1) is 11.6 Å². The van der Waals surface area contributed by atoms with E-state index in [1.54, 1.807) is 24.0 Å². The lowest BCUT2D eigenvalue weighted by molar-refractivity contribution is -0.0765. The molecule has 2 aliphatic heterocycles. The monoisotopic (exact) mass is 404 g/mol. The first-order chi connectivity index (χ1) is 13.9. The molecule has 0 saturated carbocycles. The Kier molecular flexibility index (Phi) is 5.65. The summed E-state index contributed by atoms with van der Waals surface area (Å²) >= 11 is 0. The van der Waals surface area contributed by atoms with E-state index < -0.39 is 5.82 Å². The topological polar surface area (TPSA) is 59.4 Å². The highest BCUT2D eigenvalue weighted by atomic mass is 19.1. The van der Waals surface area contributed by atoms with Crippen LogP contribution in [-0.2, 0) is 18.3 Å². The van der Waals surface area contributed by atoms with Crippen LogP contribution in [0.2, 0.25) is 0 Å². The number of carbonyl (C=O) groups is 1. The molecule has 1 spiro atoms. The molecule has 1 amide bonds. The molecule has 2 aliphatic rings. The molecule has 0 aliphatic carbocycles. The quantitative estimate of drug-likeness (QED) is 0.833. The first kappa shape index (κ1) is 20.0. The molecule has 29 heavy (non-hydrogen) atoms. The Morgan fingerprint density at radius 3 is 2.79 bits per heavy atom. The van der Waals surface area contributed by atoms with Crippen LogP contribution in [0.3, 0.4) is 0 Å². The minimum atomic E-state index is -0.412. The average Bonchev–Trinajstić information content (AvgIpc) is 3.31. The Morgan fingerprint density at radius 2 is 2.07 bits per heavy atom. The zero-order valence-electron chi connectivity index (χ0n) is 16.5. The predicted molar refractivity (Wildman–Crippen MR) is 103 cm³/mol. The van der Waals surface area contributed by atoms with Crippen LogP contribution in [-0.4, -0.2) is 51.9 Å². The molecule has 2 aromatic rings. The van der Waals surface area contributed by atoms with Crippen molar-refractivity contribution in [3.05, 3.63) is 53.4 Å². The fraction of sp³-hybridized carbons (Fsp3) is 0.524. The molecule has 2 saturated heterocycles. The summed E-state index contributed by atoms with van der Waals surface area (Å²) in [6, 6.07) is 5.28. The minimum Gasteiger partial charge on any atom is -0.370 e. The van der Waals surface area contributed by atoms with E-state index in [0.717, 1.165) is 44.8 Å². The molecule has 0 radical (unpaired) electrons. The Hall–Kier alpha value is -2.32. The summed E-state index contributed by atoms with van der Waals surface area (Å²) in [5.41, 5.74) is 0.749. The van der Waals surface area contributed by atoms with Crippen LogP contribution in [0.4, 0.5) is 8.78 Å². The first-order valence-electron chi connectivity index (χ1n) is 10.0. The molecule has 3 heterocycles. The zero-order chi connectivity index (χ0) is 20.4. The van der Waals surface area contributed by atoms with Gasteiger partial charge in [0.05, 0.1) is 11.7 Å². The van der Waals surface area contributed by atoms with Crippen molar-refractivity contribution in [2.75, 3.05) is 19.6 Å². The van der Waals surface area contributed by atoms with Gasteiger partial charge in [-0.2, -0.15) is 5.10 Å². The fourth-order valence-electron chi connectivity index (χ4n) is 4.32. The van der Waals surface area contributed by atoms with Gasteiger partial charge in [0.1, 0.15) is 17.3 Å². The maximum absolute atomic E-state index is 13.9. The number of aryl methyl sites for hydroxylation is 1. The minimum absolute atomic E-state index is 0.000564. The van der Waals surface area contributed by atoms with E-state index in [1.807, 2.05) is 0 Å². The van der Waals surface area contributed by atoms with Crippen molar-refractivity contribution in [1.82, 2.24) is 20.0 Å². The molecule has 4 rings (SSSR count). The van der Waals surface area contributed by atoms with Gasteiger partial charge >= 0.3 is 0 Å². The number of rotatable bonds is 5. The van der Waals surface area contributed by atoms with Gasteiger partial charge in [-0.15, -0.1) is 0 Å². The number of aromatic nitrogens is 2. The molecule has 0 bridgehead atoms. The molecule has 8 heteroatoms. The van der Waals surface area contributed by atoms with Gasteiger partial charge in [-0.05, 0) is 49.9 Å². The maximum Gasteiger partial charge on any atom is 0.269 e. The summed E-state index contributed by atoms with van der Waals surface area (Å²) in [4.78, 5) is 14.4. The highest BCUT2D eigenvalue weighted by Crippen LogP contribution is 2.39. The lowest BCUT2D eigenvalue weighted by Gasteiger charge is -2.39. The second-order valence-corrected chi connectivity index (χ2v) is 8.02. The smallest absolute Gasteiger partial charge is 0.269 e. The van der Waals surface area contributed by atoms with Crippen molar-refractivity contribution >= 4 is 5.91 Å². The van der Waals surface area contributed by atoms with E-state index in [1.165, 1.54) is 12.1 Å². The second-order valence-electron chi connectivity index (χ2n) is 8.02. The van der Waals surface area contributed by atoms with Gasteiger partial charge in [-0.25, -0.2) is 8.78 Å². The zero-order valence-corrected chi connectivity index (χ0v) is 16.5. The number of nitrogens with one attached hydrogen (secondary N) is 1. The molecule has 1 aromatic heterocycles. The highest BCUT2D eigenvalue weighted by molar-refractivity contribution is 5.92. The SMILES string of the molecule is Cn1nccc1C(=O)NCC1CCC2(CCN(Cc3cc(F)ccc3F)CC2)O1. The molecule has 2 fully saturated rings. The predicted octanol–water partition coefficient (Wildman–Crippen LogP) is 2.64. The number of carbonyl (C=O) groups excluding carboxylic acids is 1. The van der Waals surface area contributed by atoms with E-state index in [4.69, 9.17) is 4.74 Å². The van der Waals surface area contributed by atoms with E-state index in [-0.39, 0.29) is 23.4 Å². The summed E-state index contributed by atoms with van der Waals surface area (Å²) in [7, 11) is 1.74. The normalized spacial score (nSPS) is 21.6. The van der Waals surface area contributed by atoms with Gasteiger partial charge in [0.15, 0.2) is 0 Å². The van der Waals surface area contributed by atoms with E-state index >= 15 is 0 Å². The number of nitrogens with zero attached hydrogens (tertiary/aromatic N) is 3. The summed E-state index contributed by atoms with van der Waals surface area (Å²) in [5.74, 6) is -0.931. The molecule has 156 valence electrons. The maximum atomic E-state index is 13.9. The van der Waals surface area contributed by atoms with Crippen LogP contribution in [0.15, 0.2) is 30.5 Å². The standard InChI is InChI=1S/C21H26F2N4O2/c1-26-19(5-9-25-26)20(28)24-13-17-4-6-21(29-17)7-10-27(11-8-21)14-15-12-16(22)2-3-18(15)23/h2-3,5,9,12,17H,4,6-8,10-11,13-14H2,1H3,(H,24,28). The molecular formula is C21H26F2N4O2. The van der Waals surface area contributed by atoms with Crippen molar-refractivity contribution < 1.29 is 18.3 Å². The van der Waals surface area contributed by atoms with Crippen LogP contribution in [0.25, 0.3) is 0 Å². The third-order valence-electron chi connectivity index (χ3n) is 6.05. The number of piperidine rings is 1. The van der Waals surface area contributed by atoms with Crippen molar-refractivity contribution in [3.8, 4) is 0 Å². The number of halogens is 2. The third kappa shape index (κ3) is 4.48. The Labute approximate surface area is 168 Å². The van der Waals surface area contributed by atoms with Gasteiger partial charge in [-0.3, -0.25) is 14.4 Å². The lowest BCUT2D eigenvalue weighted by Crippen LogP contribution is -2.45. The number of hydrogen-bond acceptors (Lipinski definition) is 4. The first-order valence-corrected chi connectivity index (χ1v) is 10.0. The fourth-order valence-corrected chi connectivity index (χ4v) is 4.32. The molecule has 6 nitrogen and oxygen atoms in total. The van der Waals surface area contributed by atoms with Crippen molar-refractivity contribution in [3.63, 3.8) is 0 Å². The highest BCUT2D eigenvalue weighted by Gasteiger charge is 2.42. The second kappa shape index (κ2) is 8.20. The molecule has 1 atom stereocenters. The van der Waals surface area contributed by atoms with Gasteiger partial charge < -0.3 is 10.1 Å². The van der Waals surface area contributed by atoms with Crippen LogP contribution in [0.5, 0.6) is 0 Å². The largest absolute Gasteiger partial charge is 0.370 e. The van der Waals surface area contributed by atoms with E-state index in [9.17, 15) is 13.6 Å². The van der Waals surface area contributed by atoms with Crippen molar-refractivity contribution in [2.24, 2.45) is 7.05 Å². The summed E-state index contributed by atoms with van der Waals surface area (Å²) < 4.78 is 35.2. The van der Waals surface area contributed by atoms with Crippen LogP contribution < -0.4 is 5.32 Å². The number of amides is 1. The third-order valence-corrected chi connectivity index (χ3v) is 6.05. The average molecular weight is 404 g/mol. The van der Waals surface area contributed by atoms with Crippen molar-refractivity contribution in [1.29, 1.82) is 0 Å².